The van der Waals surface area contributed by atoms with Crippen LogP contribution in [0.1, 0.15) is 40.5 Å². The van der Waals surface area contributed by atoms with Gasteiger partial charge in [0, 0.05) is 11.4 Å². The summed E-state index contributed by atoms with van der Waals surface area (Å²) in [6.45, 7) is 7.69. The van der Waals surface area contributed by atoms with Gasteiger partial charge in [-0.25, -0.2) is 0 Å². The van der Waals surface area contributed by atoms with Gasteiger partial charge in [-0.1, -0.05) is 27.7 Å². The van der Waals surface area contributed by atoms with E-state index in [4.69, 9.17) is 0 Å². The quantitative estimate of drug-likeness (QED) is 0.615. The summed E-state index contributed by atoms with van der Waals surface area (Å²) in [7, 11) is 0. The van der Waals surface area contributed by atoms with Crippen LogP contribution in [0, 0.1) is 11.3 Å². The number of hydrogen-bond donors (Lipinski definition) is 0. The summed E-state index contributed by atoms with van der Waals surface area (Å²) >= 11 is 0. The Kier molecular flexibility index (Phi) is 3.56. The standard InChI is InChI=1S/C9H18O2/c1-5-9(4,8(10)11)6-7(2)3/h7H,5-6H2,1-4H3,(H,10,11)/p-1. The summed E-state index contributed by atoms with van der Waals surface area (Å²) < 4.78 is 0. The Hall–Kier alpha value is -0.530. The van der Waals surface area contributed by atoms with E-state index in [0.29, 0.717) is 18.8 Å². The lowest BCUT2D eigenvalue weighted by atomic mass is 9.80. The molecule has 1 unspecified atom stereocenters. The monoisotopic (exact) mass is 157 g/mol. The van der Waals surface area contributed by atoms with Crippen molar-refractivity contribution in [3.63, 3.8) is 0 Å². The number of hydrogen-bond acceptors (Lipinski definition) is 2. The smallest absolute Gasteiger partial charge is 0.0473 e. The van der Waals surface area contributed by atoms with E-state index in [0.717, 1.165) is 0 Å². The Bertz CT molecular complexity index is 140. The fourth-order valence-corrected chi connectivity index (χ4v) is 1.27. The normalized spacial score (nSPS) is 16.5. The number of aliphatic carboxylic acids is 1. The number of carbonyl (C=O) groups is 1. The Morgan fingerprint density at radius 3 is 2.09 bits per heavy atom. The van der Waals surface area contributed by atoms with Crippen LogP contribution in [0.4, 0.5) is 0 Å². The van der Waals surface area contributed by atoms with Crippen LogP contribution in [0.5, 0.6) is 0 Å². The molecule has 0 bridgehead atoms. The van der Waals surface area contributed by atoms with E-state index in [1.54, 1.807) is 6.92 Å². The maximum absolute atomic E-state index is 10.7. The highest BCUT2D eigenvalue weighted by atomic mass is 16.4. The van der Waals surface area contributed by atoms with Crippen LogP contribution in [0.15, 0.2) is 0 Å². The van der Waals surface area contributed by atoms with E-state index < -0.39 is 11.4 Å². The molecule has 0 aliphatic carbocycles. The first kappa shape index (κ1) is 10.5. The minimum atomic E-state index is -0.922. The van der Waals surface area contributed by atoms with Gasteiger partial charge in [-0.05, 0) is 18.8 Å². The van der Waals surface area contributed by atoms with Gasteiger partial charge in [0.1, 0.15) is 0 Å². The van der Waals surface area contributed by atoms with Crippen LogP contribution in [0.3, 0.4) is 0 Å². The van der Waals surface area contributed by atoms with Crippen LogP contribution < -0.4 is 5.11 Å². The van der Waals surface area contributed by atoms with E-state index >= 15 is 0 Å². The van der Waals surface area contributed by atoms with Crippen molar-refractivity contribution in [2.45, 2.75) is 40.5 Å². The van der Waals surface area contributed by atoms with Crippen molar-refractivity contribution < 1.29 is 9.90 Å². The highest BCUT2D eigenvalue weighted by Gasteiger charge is 2.24. The number of carboxylic acid groups (broad SMARTS) is 1. The van der Waals surface area contributed by atoms with Crippen molar-refractivity contribution in [3.8, 4) is 0 Å². The first-order valence-electron chi connectivity index (χ1n) is 4.14. The van der Waals surface area contributed by atoms with Crippen LogP contribution in [0.2, 0.25) is 0 Å². The van der Waals surface area contributed by atoms with Gasteiger partial charge in [-0.3, -0.25) is 0 Å². The van der Waals surface area contributed by atoms with Gasteiger partial charge in [-0.2, -0.15) is 0 Å². The Morgan fingerprint density at radius 2 is 2.00 bits per heavy atom. The van der Waals surface area contributed by atoms with Crippen LogP contribution in [-0.2, 0) is 4.79 Å². The Labute approximate surface area is 68.6 Å². The Morgan fingerprint density at radius 1 is 1.55 bits per heavy atom. The topological polar surface area (TPSA) is 40.1 Å². The zero-order chi connectivity index (χ0) is 9.07. The second kappa shape index (κ2) is 3.74. The third-order valence-corrected chi connectivity index (χ3v) is 2.13. The van der Waals surface area contributed by atoms with Crippen molar-refractivity contribution in [2.75, 3.05) is 0 Å². The summed E-state index contributed by atoms with van der Waals surface area (Å²) in [6, 6.07) is 0. The van der Waals surface area contributed by atoms with Crippen molar-refractivity contribution in [3.05, 3.63) is 0 Å². The highest BCUT2D eigenvalue weighted by Crippen LogP contribution is 2.28. The molecule has 2 nitrogen and oxygen atoms in total. The molecule has 0 heterocycles. The lowest BCUT2D eigenvalue weighted by Gasteiger charge is -2.30. The average molecular weight is 157 g/mol. The molecule has 11 heavy (non-hydrogen) atoms. The van der Waals surface area contributed by atoms with Crippen LogP contribution >= 0.6 is 0 Å². The van der Waals surface area contributed by atoms with Crippen molar-refractivity contribution >= 4 is 5.97 Å². The number of carboxylic acids is 1. The minimum absolute atomic E-state index is 0.415. The van der Waals surface area contributed by atoms with E-state index in [9.17, 15) is 9.90 Å². The SMILES string of the molecule is CCC(C)(CC(C)C)C(=O)[O-]. The summed E-state index contributed by atoms with van der Waals surface area (Å²) in [5.74, 6) is -0.508. The molecular weight excluding hydrogens is 140 g/mol. The molecule has 0 aromatic rings. The predicted octanol–water partition coefficient (Wildman–Crippen LogP) is 1.20. The number of carbonyl (C=O) groups excluding carboxylic acids is 1. The van der Waals surface area contributed by atoms with Gasteiger partial charge in [0.2, 0.25) is 0 Å². The molecule has 0 radical (unpaired) electrons. The molecule has 0 N–H and O–H groups in total. The second-order valence-electron chi connectivity index (χ2n) is 3.80. The molecule has 0 spiro atoms. The van der Waals surface area contributed by atoms with Crippen molar-refractivity contribution in [2.24, 2.45) is 11.3 Å². The minimum Gasteiger partial charge on any atom is -0.550 e. The van der Waals surface area contributed by atoms with E-state index in [1.165, 1.54) is 0 Å². The first-order valence-corrected chi connectivity index (χ1v) is 4.14. The van der Waals surface area contributed by atoms with Gasteiger partial charge >= 0.3 is 0 Å². The molecule has 0 saturated heterocycles. The van der Waals surface area contributed by atoms with E-state index in [2.05, 4.69) is 0 Å². The van der Waals surface area contributed by atoms with Crippen LogP contribution in [-0.4, -0.2) is 5.97 Å². The average Bonchev–Trinajstić information content (AvgIpc) is 1.86. The maximum atomic E-state index is 10.7. The third-order valence-electron chi connectivity index (χ3n) is 2.13. The lowest BCUT2D eigenvalue weighted by molar-refractivity contribution is -0.319. The molecule has 0 saturated carbocycles. The summed E-state index contributed by atoms with van der Waals surface area (Å²) in [6.07, 6.45) is 1.35. The second-order valence-corrected chi connectivity index (χ2v) is 3.80. The highest BCUT2D eigenvalue weighted by molar-refractivity contribution is 5.71. The van der Waals surface area contributed by atoms with Gasteiger partial charge in [-0.15, -0.1) is 0 Å². The van der Waals surface area contributed by atoms with Crippen LogP contribution in [0.25, 0.3) is 0 Å². The summed E-state index contributed by atoms with van der Waals surface area (Å²) in [5.41, 5.74) is -0.631. The van der Waals surface area contributed by atoms with Gasteiger partial charge in [0.15, 0.2) is 0 Å². The molecule has 2 heteroatoms. The number of rotatable bonds is 4. The first-order chi connectivity index (χ1) is 4.92. The predicted molar refractivity (Wildman–Crippen MR) is 42.9 cm³/mol. The van der Waals surface area contributed by atoms with Gasteiger partial charge in [0.25, 0.3) is 0 Å². The summed E-state index contributed by atoms with van der Waals surface area (Å²) in [5, 5.41) is 10.7. The fraction of sp³-hybridized carbons (Fsp3) is 0.889. The summed E-state index contributed by atoms with van der Waals surface area (Å²) in [4.78, 5) is 10.7. The molecule has 0 amide bonds. The van der Waals surface area contributed by atoms with Crippen molar-refractivity contribution in [1.82, 2.24) is 0 Å². The maximum Gasteiger partial charge on any atom is 0.0473 e. The van der Waals surface area contributed by atoms with E-state index in [1.807, 2.05) is 20.8 Å². The van der Waals surface area contributed by atoms with Crippen molar-refractivity contribution in [1.29, 1.82) is 0 Å². The largest absolute Gasteiger partial charge is 0.550 e. The molecular formula is C9H17O2-. The zero-order valence-electron chi connectivity index (χ0n) is 7.81. The molecule has 0 fully saturated rings. The molecule has 0 aromatic carbocycles. The zero-order valence-corrected chi connectivity index (χ0v) is 7.81. The third kappa shape index (κ3) is 2.91. The van der Waals surface area contributed by atoms with E-state index in [-0.39, 0.29) is 0 Å². The lowest BCUT2D eigenvalue weighted by Crippen LogP contribution is -2.40. The molecule has 0 rings (SSSR count). The molecule has 1 atom stereocenters. The van der Waals surface area contributed by atoms with Gasteiger partial charge < -0.3 is 9.90 Å². The fourth-order valence-electron chi connectivity index (χ4n) is 1.27. The molecule has 66 valence electrons. The molecule has 0 aliphatic rings. The molecule has 0 aliphatic heterocycles. The molecule has 0 aromatic heterocycles. The Balaban J connectivity index is 4.22. The van der Waals surface area contributed by atoms with Gasteiger partial charge in [0.05, 0.1) is 0 Å².